The average Bonchev–Trinajstić information content (AvgIpc) is 3.22. The maximum absolute atomic E-state index is 13.7. The number of rotatable bonds is 3. The largest absolute Gasteiger partial charge is 0.390 e. The molecule has 0 radical (unpaired) electrons. The zero-order valence-electron chi connectivity index (χ0n) is 19.6. The molecule has 0 spiro atoms. The lowest BCUT2D eigenvalue weighted by Crippen LogP contribution is -2.51. The summed E-state index contributed by atoms with van der Waals surface area (Å²) in [6.07, 6.45) is 9.97. The smallest absolute Gasteiger partial charge is 0.250 e. The Balaban J connectivity index is 1.34. The van der Waals surface area contributed by atoms with Gasteiger partial charge in [0.25, 0.3) is 0 Å². The number of halogens is 1. The molecule has 4 saturated carbocycles. The summed E-state index contributed by atoms with van der Waals surface area (Å²) in [4.78, 5) is 13.4. The maximum Gasteiger partial charge on any atom is 0.250 e. The predicted molar refractivity (Wildman–Crippen MR) is 118 cm³/mol. The normalized spacial score (nSPS) is 45.4. The fraction of sp³-hybridized carbons (Fsp3) is 0.808. The molecule has 5 nitrogen and oxygen atoms in total. The summed E-state index contributed by atoms with van der Waals surface area (Å²) in [5, 5.41) is 23.3. The van der Waals surface area contributed by atoms with Crippen LogP contribution in [0.1, 0.15) is 77.7 Å². The second kappa shape index (κ2) is 7.65. The molecule has 32 heavy (non-hydrogen) atoms. The molecule has 2 unspecified atom stereocenters. The highest BCUT2D eigenvalue weighted by molar-refractivity contribution is 5.82. The third-order valence-electron chi connectivity index (χ3n) is 10.1. The second-order valence-electron chi connectivity index (χ2n) is 12.0. The summed E-state index contributed by atoms with van der Waals surface area (Å²) >= 11 is 0. The minimum Gasteiger partial charge on any atom is -0.390 e. The van der Waals surface area contributed by atoms with Crippen molar-refractivity contribution in [3.8, 4) is 6.07 Å². The van der Waals surface area contributed by atoms with E-state index in [0.29, 0.717) is 23.7 Å². The third kappa shape index (κ3) is 3.43. The molecule has 6 heteroatoms. The van der Waals surface area contributed by atoms with E-state index in [1.165, 1.54) is 30.1 Å². The van der Waals surface area contributed by atoms with Gasteiger partial charge < -0.3 is 5.11 Å². The lowest BCUT2D eigenvalue weighted by molar-refractivity contribution is -0.133. The zero-order valence-corrected chi connectivity index (χ0v) is 19.6. The Morgan fingerprint density at radius 1 is 1.25 bits per heavy atom. The van der Waals surface area contributed by atoms with E-state index in [2.05, 4.69) is 18.9 Å². The van der Waals surface area contributed by atoms with E-state index in [4.69, 9.17) is 5.26 Å². The highest BCUT2D eigenvalue weighted by Crippen LogP contribution is 2.66. The molecule has 0 aromatic carbocycles. The van der Waals surface area contributed by atoms with Crippen LogP contribution in [0.5, 0.6) is 0 Å². The van der Waals surface area contributed by atoms with Gasteiger partial charge in [0.05, 0.1) is 12.1 Å². The van der Waals surface area contributed by atoms with Crippen LogP contribution in [0.3, 0.4) is 0 Å². The number of ketones is 1. The minimum atomic E-state index is -0.798. The Labute approximate surface area is 190 Å². The summed E-state index contributed by atoms with van der Waals surface area (Å²) in [6, 6.07) is 1.79. The van der Waals surface area contributed by atoms with Crippen LogP contribution < -0.4 is 0 Å². The van der Waals surface area contributed by atoms with Crippen molar-refractivity contribution in [1.29, 1.82) is 5.26 Å². The fourth-order valence-corrected chi connectivity index (χ4v) is 8.95. The molecule has 1 heterocycles. The molecule has 1 aromatic heterocycles. The number of aromatic nitrogens is 2. The van der Waals surface area contributed by atoms with Crippen LogP contribution in [-0.4, -0.2) is 26.3 Å². The lowest BCUT2D eigenvalue weighted by Gasteiger charge is -2.57. The molecule has 9 atom stereocenters. The van der Waals surface area contributed by atoms with E-state index in [1.807, 2.05) is 6.92 Å². The molecule has 0 amide bonds. The van der Waals surface area contributed by atoms with Crippen molar-refractivity contribution < 1.29 is 14.3 Å². The van der Waals surface area contributed by atoms with E-state index in [0.717, 1.165) is 43.9 Å². The maximum atomic E-state index is 13.7. The molecular formula is C26H36FN3O2. The van der Waals surface area contributed by atoms with Gasteiger partial charge >= 0.3 is 0 Å². The van der Waals surface area contributed by atoms with Crippen LogP contribution >= 0.6 is 0 Å². The highest BCUT2D eigenvalue weighted by atomic mass is 19.1. The summed E-state index contributed by atoms with van der Waals surface area (Å²) < 4.78 is 15.0. The average molecular weight is 442 g/mol. The lowest BCUT2D eigenvalue weighted by atomic mass is 9.48. The molecule has 5 rings (SSSR count). The number of aliphatic hydroxyl groups is 1. The first-order chi connectivity index (χ1) is 15.1. The summed E-state index contributed by atoms with van der Waals surface area (Å²) in [6.45, 7) is 6.72. The van der Waals surface area contributed by atoms with Gasteiger partial charge in [0.1, 0.15) is 11.6 Å². The van der Waals surface area contributed by atoms with Gasteiger partial charge in [-0.2, -0.15) is 9.65 Å². The van der Waals surface area contributed by atoms with E-state index in [-0.39, 0.29) is 29.2 Å². The van der Waals surface area contributed by atoms with E-state index in [9.17, 15) is 14.3 Å². The number of fused-ring (bicyclic) bond motifs is 5. The van der Waals surface area contributed by atoms with E-state index >= 15 is 0 Å². The number of Topliss-reactive ketones (excluding diaryl/α,β-unsaturated/α-hetero) is 1. The monoisotopic (exact) mass is 441 g/mol. The first-order valence-corrected chi connectivity index (χ1v) is 12.5. The Morgan fingerprint density at radius 2 is 2.00 bits per heavy atom. The Kier molecular flexibility index (Phi) is 5.28. The molecule has 1 N–H and O–H groups in total. The number of hydrogen-bond donors (Lipinski definition) is 1. The summed E-state index contributed by atoms with van der Waals surface area (Å²) in [5.74, 6) is 3.18. The zero-order chi connectivity index (χ0) is 22.8. The SMILES string of the molecule is C[C@@H]1C[C@H](C(=O)Cn2cc(C#N)c(F)n2)[C@@]2(C)CCC3[C@@H](CC[C@@H]4C[C@](C)(O)CC[C@H]34)C12. The molecule has 4 aliphatic carbocycles. The predicted octanol–water partition coefficient (Wildman–Crippen LogP) is 4.73. The van der Waals surface area contributed by atoms with Crippen molar-refractivity contribution in [3.05, 3.63) is 17.7 Å². The molecule has 1 aromatic rings. The van der Waals surface area contributed by atoms with Gasteiger partial charge in [0, 0.05) is 12.1 Å². The van der Waals surface area contributed by atoms with Gasteiger partial charge in [0.15, 0.2) is 5.78 Å². The second-order valence-corrected chi connectivity index (χ2v) is 12.0. The fourth-order valence-electron chi connectivity index (χ4n) is 8.95. The highest BCUT2D eigenvalue weighted by Gasteiger charge is 2.61. The van der Waals surface area contributed by atoms with Gasteiger partial charge in [-0.05, 0) is 99.2 Å². The molecular weight excluding hydrogens is 405 g/mol. The first-order valence-electron chi connectivity index (χ1n) is 12.5. The summed E-state index contributed by atoms with van der Waals surface area (Å²) in [7, 11) is 0. The Morgan fingerprint density at radius 3 is 2.72 bits per heavy atom. The van der Waals surface area contributed by atoms with Crippen LogP contribution in [0.2, 0.25) is 0 Å². The quantitative estimate of drug-likeness (QED) is 0.736. The minimum absolute atomic E-state index is 0.00554. The molecule has 4 aliphatic rings. The number of carbonyl (C=O) groups is 1. The van der Waals surface area contributed by atoms with Crippen molar-refractivity contribution >= 4 is 5.78 Å². The van der Waals surface area contributed by atoms with Gasteiger partial charge in [-0.1, -0.05) is 13.8 Å². The van der Waals surface area contributed by atoms with Crippen LogP contribution in [0.25, 0.3) is 0 Å². The van der Waals surface area contributed by atoms with Crippen molar-refractivity contribution in [2.45, 2.75) is 84.3 Å². The number of nitrogens with zero attached hydrogens (tertiary/aromatic N) is 3. The van der Waals surface area contributed by atoms with Crippen molar-refractivity contribution in [3.63, 3.8) is 0 Å². The van der Waals surface area contributed by atoms with Gasteiger partial charge in [0.2, 0.25) is 5.95 Å². The van der Waals surface area contributed by atoms with Crippen molar-refractivity contribution in [2.24, 2.45) is 46.8 Å². The van der Waals surface area contributed by atoms with Crippen molar-refractivity contribution in [2.75, 3.05) is 0 Å². The third-order valence-corrected chi connectivity index (χ3v) is 10.1. The molecule has 174 valence electrons. The number of nitriles is 1. The molecule has 0 aliphatic heterocycles. The van der Waals surface area contributed by atoms with Crippen LogP contribution in [0.15, 0.2) is 6.20 Å². The Bertz CT molecular complexity index is 949. The molecule has 0 saturated heterocycles. The van der Waals surface area contributed by atoms with Gasteiger partial charge in [-0.3, -0.25) is 9.48 Å². The van der Waals surface area contributed by atoms with Gasteiger partial charge in [-0.15, -0.1) is 5.10 Å². The van der Waals surface area contributed by atoms with E-state index in [1.54, 1.807) is 6.07 Å². The Hall–Kier alpha value is -1.74. The molecule has 4 fully saturated rings. The van der Waals surface area contributed by atoms with Crippen LogP contribution in [-0.2, 0) is 11.3 Å². The first kappa shape index (κ1) is 22.1. The number of hydrogen-bond acceptors (Lipinski definition) is 4. The molecule has 0 bridgehead atoms. The van der Waals surface area contributed by atoms with Crippen LogP contribution in [0, 0.1) is 64.1 Å². The van der Waals surface area contributed by atoms with E-state index < -0.39 is 11.5 Å². The van der Waals surface area contributed by atoms with Crippen LogP contribution in [0.4, 0.5) is 4.39 Å². The summed E-state index contributed by atoms with van der Waals surface area (Å²) in [5.41, 5.74) is -0.605. The standard InChI is InChI=1S/C26H36FN3O2/c1-15-10-21(22(31)14-30-13-17(12-28)24(27)29-30)26(3)9-7-19-18-6-8-25(2,32)11-16(18)4-5-20(19)23(15)26/h13,15-16,18-21,23,32H,4-11,14H2,1-3H3/t15-,16-,18+,19?,20-,21-,23?,25-,26-/m1/s1. The number of carbonyl (C=O) groups excluding carboxylic acids is 1. The topological polar surface area (TPSA) is 78.9 Å². The van der Waals surface area contributed by atoms with Crippen molar-refractivity contribution in [1.82, 2.24) is 9.78 Å². The van der Waals surface area contributed by atoms with Gasteiger partial charge in [-0.25, -0.2) is 0 Å².